The minimum absolute atomic E-state index is 0.110. The highest BCUT2D eigenvalue weighted by atomic mass is 19.4. The van der Waals surface area contributed by atoms with Gasteiger partial charge in [-0.2, -0.15) is 13.2 Å². The van der Waals surface area contributed by atoms with Crippen LogP contribution in [0.1, 0.15) is 18.1 Å². The highest BCUT2D eigenvalue weighted by molar-refractivity contribution is 5.98. The second kappa shape index (κ2) is 6.48. The molecule has 0 spiro atoms. The first kappa shape index (κ1) is 18.0. The lowest BCUT2D eigenvalue weighted by Gasteiger charge is -2.19. The molecular weight excluding hydrogens is 345 g/mol. The van der Waals surface area contributed by atoms with Gasteiger partial charge in [-0.05, 0) is 48.7 Å². The number of oxazole rings is 1. The van der Waals surface area contributed by atoms with Crippen LogP contribution >= 0.6 is 0 Å². The summed E-state index contributed by atoms with van der Waals surface area (Å²) < 4.78 is 43.8. The van der Waals surface area contributed by atoms with Crippen molar-refractivity contribution in [2.45, 2.75) is 26.4 Å². The molecule has 1 aromatic heterocycles. The number of halogens is 3. The van der Waals surface area contributed by atoms with Gasteiger partial charge in [0.25, 0.3) is 0 Å². The van der Waals surface area contributed by atoms with E-state index in [0.29, 0.717) is 27.5 Å². The maximum Gasteiger partial charge on any atom is 0.471 e. The first-order valence-corrected chi connectivity index (χ1v) is 8.06. The molecule has 4 nitrogen and oxygen atoms in total. The fourth-order valence-electron chi connectivity index (χ4n) is 2.69. The van der Waals surface area contributed by atoms with Gasteiger partial charge in [-0.1, -0.05) is 19.1 Å². The monoisotopic (exact) mass is 362 g/mol. The highest BCUT2D eigenvalue weighted by Crippen LogP contribution is 2.31. The van der Waals surface area contributed by atoms with Gasteiger partial charge < -0.3 is 9.32 Å². The Hall–Kier alpha value is -2.83. The Bertz CT molecular complexity index is 959. The van der Waals surface area contributed by atoms with E-state index in [1.807, 2.05) is 24.3 Å². The third kappa shape index (κ3) is 3.29. The van der Waals surface area contributed by atoms with Crippen LogP contribution in [0, 0.1) is 6.92 Å². The zero-order chi connectivity index (χ0) is 19.1. The zero-order valence-electron chi connectivity index (χ0n) is 14.5. The number of aryl methyl sites for hydroxylation is 2. The summed E-state index contributed by atoms with van der Waals surface area (Å²) in [6, 6.07) is 10.6. The summed E-state index contributed by atoms with van der Waals surface area (Å²) in [6.07, 6.45) is -4.02. The molecule has 0 atom stereocenters. The van der Waals surface area contributed by atoms with Crippen molar-refractivity contribution < 1.29 is 22.4 Å². The lowest BCUT2D eigenvalue weighted by Crippen LogP contribution is -2.38. The number of carbonyl (C=O) groups excluding carboxylic acids is 1. The minimum atomic E-state index is -4.94. The molecule has 3 aromatic rings. The summed E-state index contributed by atoms with van der Waals surface area (Å²) in [7, 11) is 1.08. The molecule has 0 radical (unpaired) electrons. The van der Waals surface area contributed by atoms with Crippen LogP contribution in [0.3, 0.4) is 0 Å². The Morgan fingerprint density at radius 2 is 1.85 bits per heavy atom. The molecule has 0 saturated carbocycles. The van der Waals surface area contributed by atoms with Gasteiger partial charge in [0, 0.05) is 18.3 Å². The van der Waals surface area contributed by atoms with Gasteiger partial charge in [0.1, 0.15) is 5.52 Å². The van der Waals surface area contributed by atoms with Gasteiger partial charge in [-0.25, -0.2) is 4.98 Å². The first-order valence-electron chi connectivity index (χ1n) is 8.06. The fourth-order valence-corrected chi connectivity index (χ4v) is 2.69. The molecule has 0 N–H and O–H groups in total. The van der Waals surface area contributed by atoms with Crippen molar-refractivity contribution in [2.75, 3.05) is 11.9 Å². The van der Waals surface area contributed by atoms with E-state index in [1.165, 1.54) is 17.7 Å². The van der Waals surface area contributed by atoms with Crippen LogP contribution in [0.4, 0.5) is 18.9 Å². The van der Waals surface area contributed by atoms with Crippen LogP contribution in [0.25, 0.3) is 22.6 Å². The molecule has 136 valence electrons. The Labute approximate surface area is 148 Å². The van der Waals surface area contributed by atoms with Crippen molar-refractivity contribution in [1.29, 1.82) is 0 Å². The molecule has 0 bridgehead atoms. The van der Waals surface area contributed by atoms with E-state index in [4.69, 9.17) is 4.42 Å². The van der Waals surface area contributed by atoms with Crippen LogP contribution in [0.2, 0.25) is 0 Å². The van der Waals surface area contributed by atoms with E-state index in [-0.39, 0.29) is 5.69 Å². The molecule has 1 amide bonds. The van der Waals surface area contributed by atoms with Crippen LogP contribution in [-0.2, 0) is 11.2 Å². The van der Waals surface area contributed by atoms with E-state index in [0.717, 1.165) is 19.0 Å². The quantitative estimate of drug-likeness (QED) is 0.666. The van der Waals surface area contributed by atoms with Crippen molar-refractivity contribution in [1.82, 2.24) is 4.98 Å². The van der Waals surface area contributed by atoms with Crippen LogP contribution in [0.5, 0.6) is 0 Å². The normalized spacial score (nSPS) is 11.8. The number of rotatable bonds is 3. The average molecular weight is 362 g/mol. The van der Waals surface area contributed by atoms with Crippen molar-refractivity contribution in [3.05, 3.63) is 47.5 Å². The number of aromatic nitrogens is 1. The molecule has 1 heterocycles. The predicted molar refractivity (Wildman–Crippen MR) is 93.0 cm³/mol. The number of amides is 1. The summed E-state index contributed by atoms with van der Waals surface area (Å²) in [6.45, 7) is 3.75. The SMILES string of the molecule is CCc1ccc(-c2nc3cc(N(C)C(=O)C(F)(F)F)cc(C)c3o2)cc1. The first-order chi connectivity index (χ1) is 12.2. The van der Waals surface area contributed by atoms with Gasteiger partial charge in [0.15, 0.2) is 5.58 Å². The number of anilines is 1. The Morgan fingerprint density at radius 1 is 1.19 bits per heavy atom. The Balaban J connectivity index is 2.02. The number of hydrogen-bond acceptors (Lipinski definition) is 3. The van der Waals surface area contributed by atoms with E-state index in [2.05, 4.69) is 11.9 Å². The van der Waals surface area contributed by atoms with Gasteiger partial charge >= 0.3 is 12.1 Å². The van der Waals surface area contributed by atoms with Crippen LogP contribution in [-0.4, -0.2) is 24.1 Å². The van der Waals surface area contributed by atoms with Crippen molar-refractivity contribution in [2.24, 2.45) is 0 Å². The van der Waals surface area contributed by atoms with Crippen LogP contribution < -0.4 is 4.90 Å². The maximum atomic E-state index is 12.7. The molecule has 0 aliphatic rings. The maximum absolute atomic E-state index is 12.7. The molecule has 0 aliphatic heterocycles. The molecule has 3 rings (SSSR count). The second-order valence-electron chi connectivity index (χ2n) is 6.04. The number of fused-ring (bicyclic) bond motifs is 1. The fraction of sp³-hybridized carbons (Fsp3) is 0.263. The molecule has 0 saturated heterocycles. The van der Waals surface area contributed by atoms with E-state index in [9.17, 15) is 18.0 Å². The topological polar surface area (TPSA) is 46.3 Å². The summed E-state index contributed by atoms with van der Waals surface area (Å²) in [5, 5.41) is 0. The summed E-state index contributed by atoms with van der Waals surface area (Å²) in [4.78, 5) is 16.4. The van der Waals surface area contributed by atoms with Crippen molar-refractivity contribution in [3.8, 4) is 11.5 Å². The Morgan fingerprint density at radius 3 is 2.42 bits per heavy atom. The summed E-state index contributed by atoms with van der Waals surface area (Å²) in [5.74, 6) is -1.55. The molecule has 0 unspecified atom stereocenters. The highest BCUT2D eigenvalue weighted by Gasteiger charge is 2.41. The van der Waals surface area contributed by atoms with Crippen LogP contribution in [0.15, 0.2) is 40.8 Å². The standard InChI is InChI=1S/C19H17F3N2O2/c1-4-12-5-7-13(8-6-12)17-23-15-10-14(9-11(2)16(15)26-17)24(3)18(25)19(20,21)22/h5-10H,4H2,1-3H3. The molecular formula is C19H17F3N2O2. The number of benzene rings is 2. The number of carbonyl (C=O) groups is 1. The van der Waals surface area contributed by atoms with Crippen molar-refractivity contribution >= 4 is 22.7 Å². The summed E-state index contributed by atoms with van der Waals surface area (Å²) >= 11 is 0. The lowest BCUT2D eigenvalue weighted by molar-refractivity contribution is -0.170. The zero-order valence-corrected chi connectivity index (χ0v) is 14.5. The van der Waals surface area contributed by atoms with E-state index in [1.54, 1.807) is 6.92 Å². The van der Waals surface area contributed by atoms with Gasteiger partial charge in [0.2, 0.25) is 5.89 Å². The second-order valence-corrected chi connectivity index (χ2v) is 6.04. The minimum Gasteiger partial charge on any atom is -0.436 e. The summed E-state index contributed by atoms with van der Waals surface area (Å²) in [5.41, 5.74) is 3.55. The molecule has 26 heavy (non-hydrogen) atoms. The average Bonchev–Trinajstić information content (AvgIpc) is 3.04. The third-order valence-electron chi connectivity index (χ3n) is 4.20. The largest absolute Gasteiger partial charge is 0.471 e. The molecule has 0 fully saturated rings. The third-order valence-corrected chi connectivity index (χ3v) is 4.20. The lowest BCUT2D eigenvalue weighted by atomic mass is 10.1. The Kier molecular flexibility index (Phi) is 4.48. The number of hydrogen-bond donors (Lipinski definition) is 0. The van der Waals surface area contributed by atoms with Gasteiger partial charge in [0.05, 0.1) is 0 Å². The smallest absolute Gasteiger partial charge is 0.436 e. The predicted octanol–water partition coefficient (Wildman–Crippen LogP) is 4.89. The van der Waals surface area contributed by atoms with Crippen molar-refractivity contribution in [3.63, 3.8) is 0 Å². The molecule has 2 aromatic carbocycles. The number of alkyl halides is 3. The number of nitrogens with zero attached hydrogens (tertiary/aromatic N) is 2. The molecule has 7 heteroatoms. The molecule has 0 aliphatic carbocycles. The van der Waals surface area contributed by atoms with Gasteiger partial charge in [-0.15, -0.1) is 0 Å². The van der Waals surface area contributed by atoms with E-state index < -0.39 is 12.1 Å². The van der Waals surface area contributed by atoms with E-state index >= 15 is 0 Å². The van der Waals surface area contributed by atoms with Gasteiger partial charge in [-0.3, -0.25) is 4.79 Å².